The number of rotatable bonds is 6. The topological polar surface area (TPSA) is 62.3 Å². The third-order valence-electron chi connectivity index (χ3n) is 4.50. The van der Waals surface area contributed by atoms with Gasteiger partial charge in [-0.15, -0.1) is 11.3 Å². The SMILES string of the molecule is CCS(=O)(=O)N1CCc2c(cccc2NCCc2scnc2C)C1. The molecule has 7 heteroatoms. The molecule has 0 atom stereocenters. The Bertz CT molecular complexity index is 815. The molecule has 1 aromatic heterocycles. The van der Waals surface area contributed by atoms with Crippen molar-refractivity contribution in [1.29, 1.82) is 0 Å². The van der Waals surface area contributed by atoms with Gasteiger partial charge in [0.25, 0.3) is 0 Å². The Morgan fingerprint density at radius 2 is 2.21 bits per heavy atom. The molecule has 1 aliphatic heterocycles. The largest absolute Gasteiger partial charge is 0.384 e. The number of anilines is 1. The van der Waals surface area contributed by atoms with Gasteiger partial charge in [0.2, 0.25) is 10.0 Å². The van der Waals surface area contributed by atoms with E-state index in [2.05, 4.69) is 16.4 Å². The van der Waals surface area contributed by atoms with Crippen LogP contribution in [0, 0.1) is 6.92 Å². The van der Waals surface area contributed by atoms with Gasteiger partial charge in [0, 0.05) is 36.6 Å². The Balaban J connectivity index is 1.69. The van der Waals surface area contributed by atoms with Gasteiger partial charge in [-0.25, -0.2) is 13.4 Å². The molecule has 0 unspecified atom stereocenters. The van der Waals surface area contributed by atoms with Gasteiger partial charge in [-0.2, -0.15) is 4.31 Å². The molecule has 2 heterocycles. The van der Waals surface area contributed by atoms with Crippen LogP contribution in [0.4, 0.5) is 5.69 Å². The van der Waals surface area contributed by atoms with Crippen LogP contribution in [0.5, 0.6) is 0 Å². The molecule has 0 aliphatic carbocycles. The second kappa shape index (κ2) is 7.21. The molecule has 0 saturated carbocycles. The van der Waals surface area contributed by atoms with Gasteiger partial charge in [-0.3, -0.25) is 0 Å². The van der Waals surface area contributed by atoms with E-state index in [1.807, 2.05) is 24.6 Å². The summed E-state index contributed by atoms with van der Waals surface area (Å²) in [6.45, 7) is 5.64. The van der Waals surface area contributed by atoms with Crippen LogP contribution >= 0.6 is 11.3 Å². The Kier molecular flexibility index (Phi) is 5.22. The molecule has 24 heavy (non-hydrogen) atoms. The predicted octanol–water partition coefficient (Wildman–Crippen LogP) is 2.81. The second-order valence-electron chi connectivity index (χ2n) is 5.97. The van der Waals surface area contributed by atoms with Crippen molar-refractivity contribution in [1.82, 2.24) is 9.29 Å². The van der Waals surface area contributed by atoms with E-state index in [-0.39, 0.29) is 5.75 Å². The van der Waals surface area contributed by atoms with E-state index in [0.717, 1.165) is 36.3 Å². The van der Waals surface area contributed by atoms with Gasteiger partial charge in [0.05, 0.1) is 17.0 Å². The summed E-state index contributed by atoms with van der Waals surface area (Å²) in [6, 6.07) is 6.12. The molecule has 0 bridgehead atoms. The van der Waals surface area contributed by atoms with Gasteiger partial charge >= 0.3 is 0 Å². The van der Waals surface area contributed by atoms with Crippen molar-refractivity contribution in [2.24, 2.45) is 0 Å². The van der Waals surface area contributed by atoms with Crippen LogP contribution in [-0.4, -0.2) is 36.5 Å². The lowest BCUT2D eigenvalue weighted by Gasteiger charge is -2.29. The molecular formula is C17H23N3O2S2. The summed E-state index contributed by atoms with van der Waals surface area (Å²) < 4.78 is 25.8. The number of nitrogens with zero attached hydrogens (tertiary/aromatic N) is 2. The fourth-order valence-electron chi connectivity index (χ4n) is 3.05. The smallest absolute Gasteiger partial charge is 0.214 e. The summed E-state index contributed by atoms with van der Waals surface area (Å²) >= 11 is 1.69. The maximum atomic E-state index is 12.1. The lowest BCUT2D eigenvalue weighted by molar-refractivity contribution is 0.392. The highest BCUT2D eigenvalue weighted by Gasteiger charge is 2.26. The number of fused-ring (bicyclic) bond motifs is 1. The molecule has 1 aliphatic rings. The molecule has 0 radical (unpaired) electrons. The van der Waals surface area contributed by atoms with E-state index in [0.29, 0.717) is 13.1 Å². The standard InChI is InChI=1S/C17H23N3O2S2/c1-3-24(21,22)20-10-8-15-14(11-20)5-4-6-16(15)18-9-7-17-13(2)19-12-23-17/h4-6,12,18H,3,7-11H2,1-2H3. The first-order valence-electron chi connectivity index (χ1n) is 8.22. The Labute approximate surface area is 147 Å². The fraction of sp³-hybridized carbons (Fsp3) is 0.471. The van der Waals surface area contributed by atoms with Gasteiger partial charge in [0.15, 0.2) is 0 Å². The first-order valence-corrected chi connectivity index (χ1v) is 10.7. The van der Waals surface area contributed by atoms with Crippen molar-refractivity contribution in [3.8, 4) is 0 Å². The molecular weight excluding hydrogens is 342 g/mol. The molecule has 1 N–H and O–H groups in total. The van der Waals surface area contributed by atoms with Crippen molar-refractivity contribution < 1.29 is 8.42 Å². The van der Waals surface area contributed by atoms with Crippen LogP contribution in [0.1, 0.15) is 28.6 Å². The minimum atomic E-state index is -3.12. The minimum Gasteiger partial charge on any atom is -0.384 e. The average Bonchev–Trinajstić information content (AvgIpc) is 2.99. The number of nitrogens with one attached hydrogen (secondary N) is 1. The number of benzene rings is 1. The lowest BCUT2D eigenvalue weighted by atomic mass is 9.99. The number of hydrogen-bond donors (Lipinski definition) is 1. The molecule has 1 aromatic carbocycles. The summed E-state index contributed by atoms with van der Waals surface area (Å²) in [4.78, 5) is 5.59. The fourth-order valence-corrected chi connectivity index (χ4v) is 4.90. The van der Waals surface area contributed by atoms with Crippen LogP contribution < -0.4 is 5.32 Å². The summed E-state index contributed by atoms with van der Waals surface area (Å²) in [5.41, 5.74) is 6.48. The van der Waals surface area contributed by atoms with E-state index < -0.39 is 10.0 Å². The van der Waals surface area contributed by atoms with Crippen molar-refractivity contribution >= 4 is 27.0 Å². The molecule has 3 rings (SSSR count). The van der Waals surface area contributed by atoms with E-state index in [1.54, 1.807) is 22.6 Å². The first-order chi connectivity index (χ1) is 11.5. The van der Waals surface area contributed by atoms with Crippen LogP contribution in [-0.2, 0) is 29.4 Å². The second-order valence-corrected chi connectivity index (χ2v) is 9.16. The molecule has 2 aromatic rings. The summed E-state index contributed by atoms with van der Waals surface area (Å²) in [5, 5.41) is 3.52. The minimum absolute atomic E-state index is 0.161. The highest BCUT2D eigenvalue weighted by atomic mass is 32.2. The third-order valence-corrected chi connectivity index (χ3v) is 7.32. The molecule has 5 nitrogen and oxygen atoms in total. The van der Waals surface area contributed by atoms with E-state index in [1.165, 1.54) is 10.4 Å². The number of aromatic nitrogens is 1. The average molecular weight is 366 g/mol. The van der Waals surface area contributed by atoms with Crippen molar-refractivity contribution in [3.05, 3.63) is 45.4 Å². The van der Waals surface area contributed by atoms with Crippen molar-refractivity contribution in [3.63, 3.8) is 0 Å². The number of aryl methyl sites for hydroxylation is 1. The summed E-state index contributed by atoms with van der Waals surface area (Å²) in [7, 11) is -3.12. The van der Waals surface area contributed by atoms with Gasteiger partial charge in [0.1, 0.15) is 0 Å². The Morgan fingerprint density at radius 1 is 1.38 bits per heavy atom. The van der Waals surface area contributed by atoms with Gasteiger partial charge < -0.3 is 5.32 Å². The molecule has 0 amide bonds. The molecule has 130 valence electrons. The number of hydrogen-bond acceptors (Lipinski definition) is 5. The first kappa shape index (κ1) is 17.4. The Hall–Kier alpha value is -1.44. The third kappa shape index (κ3) is 3.63. The maximum Gasteiger partial charge on any atom is 0.214 e. The van der Waals surface area contributed by atoms with Gasteiger partial charge in [-0.05, 0) is 37.5 Å². The van der Waals surface area contributed by atoms with Gasteiger partial charge in [-0.1, -0.05) is 12.1 Å². The van der Waals surface area contributed by atoms with Crippen molar-refractivity contribution in [2.45, 2.75) is 33.2 Å². The van der Waals surface area contributed by atoms with E-state index >= 15 is 0 Å². The lowest BCUT2D eigenvalue weighted by Crippen LogP contribution is -2.37. The summed E-state index contributed by atoms with van der Waals surface area (Å²) in [5.74, 6) is 0.161. The van der Waals surface area contributed by atoms with Crippen LogP contribution in [0.15, 0.2) is 23.7 Å². The van der Waals surface area contributed by atoms with Crippen LogP contribution in [0.2, 0.25) is 0 Å². The maximum absolute atomic E-state index is 12.1. The zero-order chi connectivity index (χ0) is 17.2. The zero-order valence-electron chi connectivity index (χ0n) is 14.1. The highest BCUT2D eigenvalue weighted by molar-refractivity contribution is 7.89. The normalized spacial score (nSPS) is 15.2. The number of sulfonamides is 1. The highest BCUT2D eigenvalue weighted by Crippen LogP contribution is 2.27. The number of thiazole rings is 1. The van der Waals surface area contributed by atoms with Crippen LogP contribution in [0.25, 0.3) is 0 Å². The predicted molar refractivity (Wildman–Crippen MR) is 99.1 cm³/mol. The molecule has 0 spiro atoms. The van der Waals surface area contributed by atoms with Crippen molar-refractivity contribution in [2.75, 3.05) is 24.2 Å². The van der Waals surface area contributed by atoms with E-state index in [4.69, 9.17) is 0 Å². The zero-order valence-corrected chi connectivity index (χ0v) is 15.7. The monoisotopic (exact) mass is 365 g/mol. The van der Waals surface area contributed by atoms with E-state index in [9.17, 15) is 8.42 Å². The van der Waals surface area contributed by atoms with Crippen LogP contribution in [0.3, 0.4) is 0 Å². The summed E-state index contributed by atoms with van der Waals surface area (Å²) in [6.07, 6.45) is 1.72. The Morgan fingerprint density at radius 3 is 2.92 bits per heavy atom. The molecule has 0 saturated heterocycles. The quantitative estimate of drug-likeness (QED) is 0.855. The molecule has 0 fully saturated rings.